The Morgan fingerprint density at radius 1 is 1.15 bits per heavy atom. The van der Waals surface area contributed by atoms with E-state index < -0.39 is 5.54 Å². The van der Waals surface area contributed by atoms with Gasteiger partial charge in [-0.1, -0.05) is 45.7 Å². The number of hydrogen-bond acceptors (Lipinski definition) is 2. The molecule has 0 aromatic heterocycles. The lowest BCUT2D eigenvalue weighted by atomic mass is 9.92. The molecular formula is C15H14Br2ClNO. The number of anilines is 1. The molecule has 0 amide bonds. The van der Waals surface area contributed by atoms with E-state index in [1.54, 1.807) is 0 Å². The molecule has 2 aromatic carbocycles. The second-order valence-corrected chi connectivity index (χ2v) is 6.84. The lowest BCUT2D eigenvalue weighted by Gasteiger charge is -2.31. The minimum atomic E-state index is -0.590. The molecule has 5 heteroatoms. The van der Waals surface area contributed by atoms with Crippen molar-refractivity contribution < 1.29 is 5.11 Å². The Morgan fingerprint density at radius 2 is 1.85 bits per heavy atom. The average molecular weight is 420 g/mol. The van der Waals surface area contributed by atoms with Crippen LogP contribution in [0.25, 0.3) is 0 Å². The van der Waals surface area contributed by atoms with Crippen LogP contribution in [0.3, 0.4) is 0 Å². The molecule has 0 saturated carbocycles. The highest BCUT2D eigenvalue weighted by Crippen LogP contribution is 2.33. The van der Waals surface area contributed by atoms with Gasteiger partial charge in [-0.15, -0.1) is 0 Å². The number of nitrogens with one attached hydrogen (secondary N) is 1. The van der Waals surface area contributed by atoms with Gasteiger partial charge in [0.05, 0.1) is 17.2 Å². The van der Waals surface area contributed by atoms with Gasteiger partial charge in [0, 0.05) is 14.6 Å². The number of halogens is 3. The molecule has 0 radical (unpaired) electrons. The molecule has 1 unspecified atom stereocenters. The van der Waals surface area contributed by atoms with Crippen LogP contribution in [0.4, 0.5) is 5.69 Å². The van der Waals surface area contributed by atoms with E-state index >= 15 is 0 Å². The van der Waals surface area contributed by atoms with E-state index in [2.05, 4.69) is 37.2 Å². The summed E-state index contributed by atoms with van der Waals surface area (Å²) in [5, 5.41) is 13.8. The van der Waals surface area contributed by atoms with Gasteiger partial charge in [-0.3, -0.25) is 0 Å². The van der Waals surface area contributed by atoms with Gasteiger partial charge in [-0.2, -0.15) is 0 Å². The standard InChI is InChI=1S/C15H14Br2ClNO/c1-15(9-20,11-4-2-3-5-12(11)16)19-10-6-7-14(18)13(17)8-10/h2-8,19-20H,9H2,1H3. The molecule has 0 spiro atoms. The van der Waals surface area contributed by atoms with E-state index in [9.17, 15) is 5.11 Å². The van der Waals surface area contributed by atoms with Crippen molar-refractivity contribution in [3.63, 3.8) is 0 Å². The first kappa shape index (κ1) is 15.8. The summed E-state index contributed by atoms with van der Waals surface area (Å²) < 4.78 is 1.77. The smallest absolute Gasteiger partial charge is 0.0839 e. The molecule has 2 nitrogen and oxygen atoms in total. The van der Waals surface area contributed by atoms with Gasteiger partial charge < -0.3 is 10.4 Å². The molecule has 2 N–H and O–H groups in total. The molecular weight excluding hydrogens is 405 g/mol. The number of aliphatic hydroxyl groups excluding tert-OH is 1. The van der Waals surface area contributed by atoms with E-state index in [0.717, 1.165) is 20.2 Å². The van der Waals surface area contributed by atoms with Crippen LogP contribution in [0.2, 0.25) is 5.02 Å². The number of hydrogen-bond donors (Lipinski definition) is 2. The average Bonchev–Trinajstić information content (AvgIpc) is 2.43. The Kier molecular flexibility index (Phi) is 5.13. The number of benzene rings is 2. The summed E-state index contributed by atoms with van der Waals surface area (Å²) in [6.45, 7) is 1.92. The van der Waals surface area contributed by atoms with Crippen LogP contribution in [0.5, 0.6) is 0 Å². The molecule has 2 rings (SSSR count). The summed E-state index contributed by atoms with van der Waals surface area (Å²) in [6, 6.07) is 13.4. The lowest BCUT2D eigenvalue weighted by molar-refractivity contribution is 0.223. The van der Waals surface area contributed by atoms with Crippen molar-refractivity contribution >= 4 is 49.1 Å². The summed E-state index contributed by atoms with van der Waals surface area (Å²) in [5.74, 6) is 0. The molecule has 106 valence electrons. The predicted octanol–water partition coefficient (Wildman–Crippen LogP) is 5.18. The summed E-state index contributed by atoms with van der Waals surface area (Å²) in [4.78, 5) is 0. The first-order valence-corrected chi connectivity index (χ1v) is 8.02. The molecule has 0 fully saturated rings. The third kappa shape index (κ3) is 3.37. The van der Waals surface area contributed by atoms with E-state index in [0.29, 0.717) is 5.02 Å². The van der Waals surface area contributed by atoms with Crippen LogP contribution >= 0.6 is 43.5 Å². The Morgan fingerprint density at radius 3 is 2.45 bits per heavy atom. The third-order valence-electron chi connectivity index (χ3n) is 3.12. The van der Waals surface area contributed by atoms with Gasteiger partial charge in [0.2, 0.25) is 0 Å². The summed E-state index contributed by atoms with van der Waals surface area (Å²) >= 11 is 12.9. The Balaban J connectivity index is 2.36. The highest BCUT2D eigenvalue weighted by Gasteiger charge is 2.27. The van der Waals surface area contributed by atoms with Crippen molar-refractivity contribution in [1.82, 2.24) is 0 Å². The number of aliphatic hydroxyl groups is 1. The minimum absolute atomic E-state index is 0.0319. The molecule has 0 aliphatic rings. The molecule has 2 aromatic rings. The zero-order valence-electron chi connectivity index (χ0n) is 10.8. The molecule has 0 bridgehead atoms. The molecule has 1 atom stereocenters. The van der Waals surface area contributed by atoms with Crippen molar-refractivity contribution in [2.45, 2.75) is 12.5 Å². The fourth-order valence-corrected chi connectivity index (χ4v) is 3.21. The zero-order chi connectivity index (χ0) is 14.8. The van der Waals surface area contributed by atoms with E-state index in [1.807, 2.05) is 49.4 Å². The molecule has 0 saturated heterocycles. The normalized spacial score (nSPS) is 13.8. The van der Waals surface area contributed by atoms with Gasteiger partial charge >= 0.3 is 0 Å². The largest absolute Gasteiger partial charge is 0.394 e. The summed E-state index contributed by atoms with van der Waals surface area (Å²) in [7, 11) is 0. The van der Waals surface area contributed by atoms with Crippen LogP contribution in [-0.4, -0.2) is 11.7 Å². The minimum Gasteiger partial charge on any atom is -0.394 e. The SMILES string of the molecule is CC(CO)(Nc1ccc(Cl)c(Br)c1)c1ccccc1Br. The van der Waals surface area contributed by atoms with Crippen LogP contribution in [0.1, 0.15) is 12.5 Å². The maximum Gasteiger partial charge on any atom is 0.0839 e. The fourth-order valence-electron chi connectivity index (χ4n) is 1.99. The maximum atomic E-state index is 9.83. The van der Waals surface area contributed by atoms with Gasteiger partial charge in [0.25, 0.3) is 0 Å². The Hall–Kier alpha value is -0.550. The van der Waals surface area contributed by atoms with E-state index in [-0.39, 0.29) is 6.61 Å². The maximum absolute atomic E-state index is 9.83. The second kappa shape index (κ2) is 6.48. The van der Waals surface area contributed by atoms with Crippen molar-refractivity contribution in [1.29, 1.82) is 0 Å². The van der Waals surface area contributed by atoms with Crippen LogP contribution in [0, 0.1) is 0 Å². The first-order chi connectivity index (χ1) is 9.46. The lowest BCUT2D eigenvalue weighted by Crippen LogP contribution is -2.36. The van der Waals surface area contributed by atoms with E-state index in [4.69, 9.17) is 11.6 Å². The monoisotopic (exact) mass is 417 g/mol. The first-order valence-electron chi connectivity index (χ1n) is 6.05. The number of rotatable bonds is 4. The fraction of sp³-hybridized carbons (Fsp3) is 0.200. The predicted molar refractivity (Wildman–Crippen MR) is 91.4 cm³/mol. The van der Waals surface area contributed by atoms with Gasteiger partial charge in [0.15, 0.2) is 0 Å². The van der Waals surface area contributed by atoms with Crippen molar-refractivity contribution in [2.75, 3.05) is 11.9 Å². The molecule has 0 aliphatic heterocycles. The Labute approximate surface area is 140 Å². The molecule has 20 heavy (non-hydrogen) atoms. The van der Waals surface area contributed by atoms with Crippen molar-refractivity contribution in [2.24, 2.45) is 0 Å². The topological polar surface area (TPSA) is 32.3 Å². The van der Waals surface area contributed by atoms with E-state index in [1.165, 1.54) is 0 Å². The van der Waals surface area contributed by atoms with Gasteiger partial charge in [-0.25, -0.2) is 0 Å². The highest BCUT2D eigenvalue weighted by molar-refractivity contribution is 9.10. The van der Waals surface area contributed by atoms with Crippen LogP contribution in [-0.2, 0) is 5.54 Å². The van der Waals surface area contributed by atoms with Crippen LogP contribution < -0.4 is 5.32 Å². The molecule has 0 aliphatic carbocycles. The third-order valence-corrected chi connectivity index (χ3v) is 5.03. The summed E-state index contributed by atoms with van der Waals surface area (Å²) in [6.07, 6.45) is 0. The van der Waals surface area contributed by atoms with Crippen molar-refractivity contribution in [3.8, 4) is 0 Å². The Bertz CT molecular complexity index is 621. The summed E-state index contributed by atoms with van der Waals surface area (Å²) in [5.41, 5.74) is 1.29. The second-order valence-electron chi connectivity index (χ2n) is 4.72. The van der Waals surface area contributed by atoms with Gasteiger partial charge in [0.1, 0.15) is 0 Å². The molecule has 0 heterocycles. The van der Waals surface area contributed by atoms with Crippen LogP contribution in [0.15, 0.2) is 51.4 Å². The highest BCUT2D eigenvalue weighted by atomic mass is 79.9. The quantitative estimate of drug-likeness (QED) is 0.715. The van der Waals surface area contributed by atoms with Gasteiger partial charge in [-0.05, 0) is 52.7 Å². The van der Waals surface area contributed by atoms with Crippen molar-refractivity contribution in [3.05, 3.63) is 62.0 Å². The zero-order valence-corrected chi connectivity index (χ0v) is 14.8.